The van der Waals surface area contributed by atoms with E-state index in [1.807, 2.05) is 0 Å². The number of hydrogen-bond donors (Lipinski definition) is 0. The maximum Gasteiger partial charge on any atom is 0.416 e. The predicted octanol–water partition coefficient (Wildman–Crippen LogP) is 9.70. The molecule has 0 saturated heterocycles. The zero-order chi connectivity index (χ0) is 51.1. The molecule has 2 aromatic heterocycles. The third-order valence-electron chi connectivity index (χ3n) is 10.3. The first-order valence-corrected chi connectivity index (χ1v) is 21.0. The van der Waals surface area contributed by atoms with Crippen LogP contribution in [0, 0.1) is 0 Å². The van der Waals surface area contributed by atoms with Crippen molar-refractivity contribution >= 4 is 24.1 Å². The van der Waals surface area contributed by atoms with Crippen LogP contribution in [-0.2, 0) is 99.1 Å². The third-order valence-corrected chi connectivity index (χ3v) is 10.3. The average molecular weight is 1000 g/mol. The minimum atomic E-state index is -5.00. The number of carbonyl (C=O) groups is 4. The molecule has 0 aliphatic carbocycles. The summed E-state index contributed by atoms with van der Waals surface area (Å²) in [4.78, 5) is 51.3. The molecule has 0 N–H and O–H groups in total. The summed E-state index contributed by atoms with van der Waals surface area (Å²) in [5, 5.41) is 8.70. The van der Waals surface area contributed by atoms with Crippen LogP contribution in [0.25, 0.3) is 0 Å². The summed E-state index contributed by atoms with van der Waals surface area (Å²) in [6, 6.07) is 5.36. The molecule has 69 heavy (non-hydrogen) atoms. The van der Waals surface area contributed by atoms with Gasteiger partial charge in [0, 0.05) is 26.2 Å². The summed E-state index contributed by atoms with van der Waals surface area (Å²) in [5.74, 6) is -1.53. The molecule has 2 aliphatic rings. The molecule has 378 valence electrons. The van der Waals surface area contributed by atoms with Crippen molar-refractivity contribution in [2.45, 2.75) is 110 Å². The molecule has 0 radical (unpaired) electrons. The SMILES string of the molecule is CCOC(=O)C(C)c1cc2n(n1)CCCN(C(=O)OCc1cc(C(F)(F)F)cc(C(F)(F)F)c1)C2.CCOC(=O)Cc1cc2n(n1)CCCN(C(=O)OCc1cc(C(F)(F)F)cc(C(F)(F)F)c1)C2. The summed E-state index contributed by atoms with van der Waals surface area (Å²) in [6.07, 6.45) is -20.9. The number of alkyl halides is 12. The summed E-state index contributed by atoms with van der Waals surface area (Å²) in [5.41, 5.74) is -4.71. The minimum absolute atomic E-state index is 0.00908. The van der Waals surface area contributed by atoms with Crippen LogP contribution < -0.4 is 0 Å². The molecule has 0 fully saturated rings. The molecule has 0 spiro atoms. The number of rotatable bonds is 10. The van der Waals surface area contributed by atoms with E-state index in [0.717, 1.165) is 0 Å². The number of esters is 2. The van der Waals surface area contributed by atoms with Gasteiger partial charge in [-0.1, -0.05) is 0 Å². The van der Waals surface area contributed by atoms with Crippen molar-refractivity contribution in [3.05, 3.63) is 105 Å². The van der Waals surface area contributed by atoms with Crippen LogP contribution in [0.3, 0.4) is 0 Å². The van der Waals surface area contributed by atoms with Crippen molar-refractivity contribution in [3.8, 4) is 0 Å². The Morgan fingerprint density at radius 1 is 0.551 bits per heavy atom. The molecular formula is C43H44F12N6O8. The van der Waals surface area contributed by atoms with Crippen molar-refractivity contribution in [1.29, 1.82) is 0 Å². The van der Waals surface area contributed by atoms with Crippen molar-refractivity contribution in [2.24, 2.45) is 0 Å². The second kappa shape index (κ2) is 21.9. The molecule has 14 nitrogen and oxygen atoms in total. The van der Waals surface area contributed by atoms with Gasteiger partial charge in [0.25, 0.3) is 0 Å². The lowest BCUT2D eigenvalue weighted by molar-refractivity contribution is -0.145. The quantitative estimate of drug-likeness (QED) is 0.0855. The van der Waals surface area contributed by atoms with Crippen LogP contribution in [0.5, 0.6) is 0 Å². The first-order valence-electron chi connectivity index (χ1n) is 21.0. The van der Waals surface area contributed by atoms with E-state index < -0.39 is 101 Å². The molecule has 1 unspecified atom stereocenters. The monoisotopic (exact) mass is 1000 g/mol. The lowest BCUT2D eigenvalue weighted by atomic mass is 10.1. The molecule has 2 amide bonds. The van der Waals surface area contributed by atoms with Gasteiger partial charge in [-0.2, -0.15) is 62.9 Å². The van der Waals surface area contributed by atoms with Crippen molar-refractivity contribution in [1.82, 2.24) is 29.4 Å². The van der Waals surface area contributed by atoms with Crippen LogP contribution >= 0.6 is 0 Å². The van der Waals surface area contributed by atoms with E-state index in [4.69, 9.17) is 18.9 Å². The fourth-order valence-corrected chi connectivity index (χ4v) is 7.04. The van der Waals surface area contributed by atoms with Gasteiger partial charge in [-0.15, -0.1) is 0 Å². The van der Waals surface area contributed by atoms with Crippen LogP contribution in [0.15, 0.2) is 48.5 Å². The van der Waals surface area contributed by atoms with Gasteiger partial charge in [-0.3, -0.25) is 19.0 Å². The molecule has 2 aliphatic heterocycles. The molecule has 26 heteroatoms. The number of nitrogens with zero attached hydrogens (tertiary/aromatic N) is 6. The molecule has 0 bridgehead atoms. The number of carbonyl (C=O) groups excluding carboxylic acids is 4. The zero-order valence-corrected chi connectivity index (χ0v) is 36.9. The van der Waals surface area contributed by atoms with Crippen LogP contribution in [0.1, 0.15) is 95.7 Å². The molecule has 4 aromatic rings. The van der Waals surface area contributed by atoms with Crippen LogP contribution in [0.4, 0.5) is 62.3 Å². The summed E-state index contributed by atoms with van der Waals surface area (Å²) in [6.45, 7) is 5.35. The number of hydrogen-bond acceptors (Lipinski definition) is 10. The highest BCUT2D eigenvalue weighted by Crippen LogP contribution is 2.38. The Bertz CT molecular complexity index is 2400. The van der Waals surface area contributed by atoms with E-state index in [1.54, 1.807) is 42.3 Å². The Kier molecular flexibility index (Phi) is 16.9. The second-order valence-electron chi connectivity index (χ2n) is 15.6. The van der Waals surface area contributed by atoms with Crippen molar-refractivity contribution in [3.63, 3.8) is 0 Å². The molecule has 6 rings (SSSR count). The largest absolute Gasteiger partial charge is 0.466 e. The molecule has 4 heterocycles. The highest BCUT2D eigenvalue weighted by molar-refractivity contribution is 5.77. The fourth-order valence-electron chi connectivity index (χ4n) is 7.04. The molecule has 1 atom stereocenters. The number of benzene rings is 2. The Hall–Kier alpha value is -6.50. The highest BCUT2D eigenvalue weighted by atomic mass is 19.4. The van der Waals surface area contributed by atoms with Gasteiger partial charge in [0.1, 0.15) is 13.2 Å². The standard InChI is InChI=1S/C22H23F6N3O4.C21H21F6N3O4/c1-3-34-19(32)13(2)18-10-17-11-30(5-4-6-31(17)29-18)20(33)35-12-14-7-15(21(23,24)25)9-16(8-14)22(26,27)28;1-2-33-18(31)10-16-9-17-11-29(4-3-5-30(17)28-16)19(32)34-12-13-6-14(20(22,23)24)8-15(7-13)21(25,26)27/h7-10,13H,3-6,11-12H2,1-2H3;6-9H,2-5,10-12H2,1H3. The maximum absolute atomic E-state index is 13.0. The summed E-state index contributed by atoms with van der Waals surface area (Å²) in [7, 11) is 0. The minimum Gasteiger partial charge on any atom is -0.466 e. The second-order valence-corrected chi connectivity index (χ2v) is 15.6. The number of amides is 2. The van der Waals surface area contributed by atoms with Crippen LogP contribution in [-0.4, -0.2) is 79.8 Å². The van der Waals surface area contributed by atoms with Gasteiger partial charge in [-0.25, -0.2) is 9.59 Å². The van der Waals surface area contributed by atoms with Gasteiger partial charge in [0.15, 0.2) is 0 Å². The zero-order valence-electron chi connectivity index (χ0n) is 36.9. The van der Waals surface area contributed by atoms with E-state index in [-0.39, 0.29) is 57.9 Å². The Labute approximate surface area is 385 Å². The molecular weight excluding hydrogens is 956 g/mol. The fraction of sp³-hybridized carbons (Fsp3) is 0.488. The van der Waals surface area contributed by atoms with Gasteiger partial charge in [0.05, 0.1) is 83.7 Å². The maximum atomic E-state index is 13.0. The molecule has 2 aromatic carbocycles. The van der Waals surface area contributed by atoms with Crippen LogP contribution in [0.2, 0.25) is 0 Å². The van der Waals surface area contributed by atoms with Crippen molar-refractivity contribution < 1.29 is 90.8 Å². The van der Waals surface area contributed by atoms with Crippen molar-refractivity contribution in [2.75, 3.05) is 26.3 Å². The first kappa shape index (κ1) is 53.5. The van der Waals surface area contributed by atoms with E-state index >= 15 is 0 Å². The Morgan fingerprint density at radius 2 is 0.957 bits per heavy atom. The van der Waals surface area contributed by atoms with E-state index in [2.05, 4.69) is 10.2 Å². The van der Waals surface area contributed by atoms with Gasteiger partial charge in [-0.05, 0) is 93.3 Å². The lowest BCUT2D eigenvalue weighted by Crippen LogP contribution is -2.31. The number of fused-ring (bicyclic) bond motifs is 2. The van der Waals surface area contributed by atoms with E-state index in [0.29, 0.717) is 73.0 Å². The Morgan fingerprint density at radius 3 is 1.36 bits per heavy atom. The van der Waals surface area contributed by atoms with Gasteiger partial charge in [0.2, 0.25) is 0 Å². The first-order chi connectivity index (χ1) is 32.2. The summed E-state index contributed by atoms with van der Waals surface area (Å²) < 4.78 is 180. The normalized spacial score (nSPS) is 14.8. The third kappa shape index (κ3) is 14.7. The number of aromatic nitrogens is 4. The predicted molar refractivity (Wildman–Crippen MR) is 213 cm³/mol. The van der Waals surface area contributed by atoms with E-state index in [1.165, 1.54) is 9.80 Å². The number of aryl methyl sites for hydroxylation is 2. The van der Waals surface area contributed by atoms with Gasteiger partial charge >= 0.3 is 48.8 Å². The lowest BCUT2D eigenvalue weighted by Gasteiger charge is -2.20. The topological polar surface area (TPSA) is 147 Å². The smallest absolute Gasteiger partial charge is 0.416 e. The highest BCUT2D eigenvalue weighted by Gasteiger charge is 2.39. The number of halogens is 12. The average Bonchev–Trinajstić information content (AvgIpc) is 3.70. The van der Waals surface area contributed by atoms with E-state index in [9.17, 15) is 71.9 Å². The number of ether oxygens (including phenoxy) is 4. The van der Waals surface area contributed by atoms with Gasteiger partial charge < -0.3 is 28.7 Å². The Balaban J connectivity index is 0.000000258. The molecule has 0 saturated carbocycles. The summed E-state index contributed by atoms with van der Waals surface area (Å²) >= 11 is 0.